The predicted octanol–water partition coefficient (Wildman–Crippen LogP) is 4.12. The molecule has 0 amide bonds. The Kier molecular flexibility index (Phi) is 6.66. The lowest BCUT2D eigenvalue weighted by Gasteiger charge is -2.13. The number of aromatic nitrogens is 3. The lowest BCUT2D eigenvalue weighted by atomic mass is 10.0. The lowest BCUT2D eigenvalue weighted by molar-refractivity contribution is 0.107. The Morgan fingerprint density at radius 3 is 2.37 bits per heavy atom. The standard InChI is InChI=1S/C22H23FN4O2S/c1-13-11-15(12-14(2)19(13)28)9-10-18-24-20(26-22(25-18)27(3)4)21(29)30-17-8-6-5-7-16(17)23/h5-8,11-12,28H,9-10H2,1-4H3. The molecule has 0 bridgehead atoms. The highest BCUT2D eigenvalue weighted by atomic mass is 32.2. The summed E-state index contributed by atoms with van der Waals surface area (Å²) in [4.78, 5) is 27.6. The molecule has 1 N–H and O–H groups in total. The van der Waals surface area contributed by atoms with Crippen molar-refractivity contribution in [2.45, 2.75) is 31.6 Å². The number of phenols is 1. The molecule has 1 heterocycles. The Bertz CT molecular complexity index is 1070. The summed E-state index contributed by atoms with van der Waals surface area (Å²) in [6.07, 6.45) is 1.14. The topological polar surface area (TPSA) is 79.2 Å². The SMILES string of the molecule is Cc1cc(CCc2nc(C(=O)Sc3ccccc3F)nc(N(C)C)n2)cc(C)c1O. The zero-order valence-corrected chi connectivity index (χ0v) is 18.1. The van der Waals surface area contributed by atoms with Gasteiger partial charge in [-0.3, -0.25) is 4.79 Å². The summed E-state index contributed by atoms with van der Waals surface area (Å²) in [6.45, 7) is 3.71. The van der Waals surface area contributed by atoms with Crippen molar-refractivity contribution in [3.63, 3.8) is 0 Å². The molecule has 1 aromatic heterocycles. The van der Waals surface area contributed by atoms with Crippen molar-refractivity contribution in [1.29, 1.82) is 0 Å². The number of thioether (sulfide) groups is 1. The van der Waals surface area contributed by atoms with Crippen LogP contribution in [-0.2, 0) is 12.8 Å². The van der Waals surface area contributed by atoms with Crippen molar-refractivity contribution in [1.82, 2.24) is 15.0 Å². The molecule has 0 aliphatic heterocycles. The van der Waals surface area contributed by atoms with Crippen LogP contribution in [0.25, 0.3) is 0 Å². The van der Waals surface area contributed by atoms with Crippen molar-refractivity contribution in [3.8, 4) is 5.75 Å². The average molecular weight is 427 g/mol. The minimum atomic E-state index is -0.462. The van der Waals surface area contributed by atoms with Gasteiger partial charge in [0, 0.05) is 20.5 Å². The third kappa shape index (κ3) is 5.13. The molecule has 8 heteroatoms. The molecule has 0 aliphatic carbocycles. The molecule has 0 unspecified atom stereocenters. The second kappa shape index (κ2) is 9.21. The number of phenolic OH excluding ortho intramolecular Hbond substituents is 1. The first kappa shape index (κ1) is 21.7. The van der Waals surface area contributed by atoms with Crippen LogP contribution in [0.1, 0.15) is 33.1 Å². The summed E-state index contributed by atoms with van der Waals surface area (Å²) >= 11 is 0.759. The van der Waals surface area contributed by atoms with Crippen molar-refractivity contribution in [2.24, 2.45) is 0 Å². The van der Waals surface area contributed by atoms with Crippen LogP contribution < -0.4 is 4.90 Å². The number of aromatic hydroxyl groups is 1. The van der Waals surface area contributed by atoms with Gasteiger partial charge in [-0.1, -0.05) is 24.3 Å². The molecule has 0 atom stereocenters. The largest absolute Gasteiger partial charge is 0.507 e. The Morgan fingerprint density at radius 2 is 1.73 bits per heavy atom. The van der Waals surface area contributed by atoms with Gasteiger partial charge in [0.2, 0.25) is 11.8 Å². The van der Waals surface area contributed by atoms with Crippen LogP contribution in [0.2, 0.25) is 0 Å². The molecule has 0 saturated carbocycles. The van der Waals surface area contributed by atoms with Crippen LogP contribution in [0.15, 0.2) is 41.3 Å². The van der Waals surface area contributed by atoms with Crippen LogP contribution in [-0.4, -0.2) is 39.3 Å². The molecule has 3 rings (SSSR count). The molecule has 0 radical (unpaired) electrons. The van der Waals surface area contributed by atoms with Gasteiger partial charge >= 0.3 is 0 Å². The smallest absolute Gasteiger partial charge is 0.261 e. The number of aryl methyl sites for hydroxylation is 4. The Hall–Kier alpha value is -3.00. The van der Waals surface area contributed by atoms with E-state index in [9.17, 15) is 14.3 Å². The average Bonchev–Trinajstić information content (AvgIpc) is 2.71. The number of benzene rings is 2. The molecule has 2 aromatic carbocycles. The number of halogens is 1. The van der Waals surface area contributed by atoms with E-state index in [1.807, 2.05) is 26.0 Å². The maximum Gasteiger partial charge on any atom is 0.261 e. The molecule has 3 aromatic rings. The second-order valence-corrected chi connectivity index (χ2v) is 8.18. The van der Waals surface area contributed by atoms with E-state index in [1.165, 1.54) is 6.07 Å². The van der Waals surface area contributed by atoms with Gasteiger partial charge < -0.3 is 10.0 Å². The number of hydrogen-bond acceptors (Lipinski definition) is 7. The Morgan fingerprint density at radius 1 is 1.07 bits per heavy atom. The third-order valence-corrected chi connectivity index (χ3v) is 5.40. The van der Waals surface area contributed by atoms with Crippen LogP contribution in [0.3, 0.4) is 0 Å². The molecular formula is C22H23FN4O2S. The molecule has 156 valence electrons. The van der Waals surface area contributed by atoms with Gasteiger partial charge in [0.15, 0.2) is 0 Å². The zero-order chi connectivity index (χ0) is 21.8. The Balaban J connectivity index is 1.84. The minimum absolute atomic E-state index is 0.00461. The number of anilines is 1. The van der Waals surface area contributed by atoms with Crippen LogP contribution in [0, 0.1) is 19.7 Å². The van der Waals surface area contributed by atoms with Crippen LogP contribution in [0.5, 0.6) is 5.75 Å². The molecular weight excluding hydrogens is 403 g/mol. The minimum Gasteiger partial charge on any atom is -0.507 e. The van der Waals surface area contributed by atoms with Crippen molar-refractivity contribution >= 4 is 22.8 Å². The third-order valence-electron chi connectivity index (χ3n) is 4.48. The summed E-state index contributed by atoms with van der Waals surface area (Å²) in [5, 5.41) is 9.51. The molecule has 0 spiro atoms. The molecule has 30 heavy (non-hydrogen) atoms. The predicted molar refractivity (Wildman–Crippen MR) is 116 cm³/mol. The number of rotatable bonds is 6. The summed E-state index contributed by atoms with van der Waals surface area (Å²) < 4.78 is 13.9. The van der Waals surface area contributed by atoms with E-state index in [-0.39, 0.29) is 10.7 Å². The van der Waals surface area contributed by atoms with E-state index in [2.05, 4.69) is 15.0 Å². The summed E-state index contributed by atoms with van der Waals surface area (Å²) in [6, 6.07) is 9.95. The second-order valence-electron chi connectivity index (χ2n) is 7.17. The number of carbonyl (C=O) groups excluding carboxylic acids is 1. The van der Waals surface area contributed by atoms with E-state index in [0.717, 1.165) is 28.5 Å². The quantitative estimate of drug-likeness (QED) is 0.594. The van der Waals surface area contributed by atoms with E-state index in [0.29, 0.717) is 30.4 Å². The van der Waals surface area contributed by atoms with E-state index < -0.39 is 10.9 Å². The van der Waals surface area contributed by atoms with Crippen LogP contribution >= 0.6 is 11.8 Å². The summed E-state index contributed by atoms with van der Waals surface area (Å²) in [7, 11) is 3.56. The van der Waals surface area contributed by atoms with Gasteiger partial charge in [-0.15, -0.1) is 0 Å². The fourth-order valence-electron chi connectivity index (χ4n) is 2.93. The molecule has 0 saturated heterocycles. The lowest BCUT2D eigenvalue weighted by Crippen LogP contribution is -2.18. The van der Waals surface area contributed by atoms with Gasteiger partial charge in [0.05, 0.1) is 4.90 Å². The van der Waals surface area contributed by atoms with Gasteiger partial charge in [-0.05, 0) is 60.9 Å². The molecule has 0 aliphatic rings. The van der Waals surface area contributed by atoms with E-state index >= 15 is 0 Å². The highest BCUT2D eigenvalue weighted by Crippen LogP contribution is 2.25. The highest BCUT2D eigenvalue weighted by molar-refractivity contribution is 8.14. The van der Waals surface area contributed by atoms with Crippen LogP contribution in [0.4, 0.5) is 10.3 Å². The molecule has 0 fully saturated rings. The van der Waals surface area contributed by atoms with Crippen molar-refractivity contribution < 1.29 is 14.3 Å². The molecule has 6 nitrogen and oxygen atoms in total. The fraction of sp³-hybridized carbons (Fsp3) is 0.273. The van der Waals surface area contributed by atoms with Gasteiger partial charge in [0.25, 0.3) is 5.12 Å². The highest BCUT2D eigenvalue weighted by Gasteiger charge is 2.18. The summed E-state index contributed by atoms with van der Waals surface area (Å²) in [5.74, 6) is 0.683. The van der Waals surface area contributed by atoms with Crippen molar-refractivity contribution in [3.05, 3.63) is 70.6 Å². The fourth-order valence-corrected chi connectivity index (χ4v) is 3.62. The number of carbonyl (C=O) groups is 1. The zero-order valence-electron chi connectivity index (χ0n) is 17.3. The first-order valence-corrected chi connectivity index (χ1v) is 10.2. The maximum atomic E-state index is 13.9. The monoisotopic (exact) mass is 426 g/mol. The van der Waals surface area contributed by atoms with Gasteiger partial charge in [-0.2, -0.15) is 9.97 Å². The maximum absolute atomic E-state index is 13.9. The number of hydrogen-bond donors (Lipinski definition) is 1. The number of nitrogens with zero attached hydrogens (tertiary/aromatic N) is 4. The first-order valence-electron chi connectivity index (χ1n) is 9.42. The normalized spacial score (nSPS) is 10.8. The van der Waals surface area contributed by atoms with E-state index in [1.54, 1.807) is 37.2 Å². The van der Waals surface area contributed by atoms with Gasteiger partial charge in [0.1, 0.15) is 17.4 Å². The summed E-state index contributed by atoms with van der Waals surface area (Å²) in [5.41, 5.74) is 2.67. The first-order chi connectivity index (χ1) is 14.2. The Labute approximate surface area is 179 Å². The van der Waals surface area contributed by atoms with Gasteiger partial charge in [-0.25, -0.2) is 9.37 Å². The van der Waals surface area contributed by atoms with Crippen molar-refractivity contribution in [2.75, 3.05) is 19.0 Å². The van der Waals surface area contributed by atoms with E-state index in [4.69, 9.17) is 0 Å².